The van der Waals surface area contributed by atoms with Gasteiger partial charge in [0, 0.05) is 22.8 Å². The third-order valence-corrected chi connectivity index (χ3v) is 8.22. The largest absolute Gasteiger partial charge is 0.320 e. The lowest BCUT2D eigenvalue weighted by Crippen LogP contribution is -2.52. The number of rotatable bonds is 6. The zero-order valence-corrected chi connectivity index (χ0v) is 19.6. The highest BCUT2D eigenvalue weighted by atomic mass is 35.5. The second kappa shape index (κ2) is 8.15. The lowest BCUT2D eigenvalue weighted by Gasteiger charge is -2.56. The van der Waals surface area contributed by atoms with Crippen molar-refractivity contribution in [3.8, 4) is 0 Å². The monoisotopic (exact) mass is 498 g/mol. The summed E-state index contributed by atoms with van der Waals surface area (Å²) >= 11 is 6.09. The number of carbonyl (C=O) groups excluding carboxylic acids is 1. The van der Waals surface area contributed by atoms with E-state index in [-0.39, 0.29) is 39.9 Å². The van der Waals surface area contributed by atoms with Crippen LogP contribution in [0.2, 0.25) is 5.02 Å². The predicted molar refractivity (Wildman–Crippen MR) is 126 cm³/mol. The summed E-state index contributed by atoms with van der Waals surface area (Å²) in [6, 6.07) is 5.96. The second-order valence-corrected chi connectivity index (χ2v) is 10.7. The zero-order chi connectivity index (χ0) is 24.3. The topological polar surface area (TPSA) is 108 Å². The van der Waals surface area contributed by atoms with E-state index in [2.05, 4.69) is 15.5 Å². The average Bonchev–Trinajstić information content (AvgIpc) is 3.43. The van der Waals surface area contributed by atoms with Crippen LogP contribution in [0.1, 0.15) is 54.6 Å². The van der Waals surface area contributed by atoms with E-state index in [1.165, 1.54) is 48.3 Å². The average molecular weight is 499 g/mol. The minimum atomic E-state index is -0.700. The van der Waals surface area contributed by atoms with Crippen molar-refractivity contribution in [3.05, 3.63) is 68.9 Å². The molecule has 3 aromatic rings. The van der Waals surface area contributed by atoms with E-state index in [1.807, 2.05) is 0 Å². The molecule has 7 rings (SSSR count). The molecule has 4 aliphatic carbocycles. The van der Waals surface area contributed by atoms with Crippen LogP contribution < -0.4 is 5.32 Å². The normalized spacial score (nSPS) is 26.7. The Bertz CT molecular complexity index is 1280. The first kappa shape index (κ1) is 22.2. The van der Waals surface area contributed by atoms with Crippen molar-refractivity contribution in [2.75, 3.05) is 5.32 Å². The minimum absolute atomic E-state index is 0.0716. The van der Waals surface area contributed by atoms with Crippen molar-refractivity contribution in [3.63, 3.8) is 0 Å². The van der Waals surface area contributed by atoms with Gasteiger partial charge >= 0.3 is 5.69 Å². The first-order chi connectivity index (χ1) is 16.8. The number of benzene rings is 1. The van der Waals surface area contributed by atoms with Crippen LogP contribution in [-0.4, -0.2) is 30.4 Å². The molecule has 0 atom stereocenters. The standard InChI is InChI=1S/C24H24ClFN6O3/c25-18-2-1-3-19(26)17(18)12-30-5-4-21(28-30)27-23(33)22-20(32(34)35)13-31(29-22)24-9-14-6-15(10-24)8-16(7-14)11-24/h1-5,13-16H,6-12H2,(H,27,28,33). The summed E-state index contributed by atoms with van der Waals surface area (Å²) in [6.07, 6.45) is 9.58. The Kier molecular flexibility index (Phi) is 5.17. The molecule has 182 valence electrons. The molecule has 4 fully saturated rings. The van der Waals surface area contributed by atoms with Crippen LogP contribution in [-0.2, 0) is 12.1 Å². The van der Waals surface area contributed by atoms with E-state index in [9.17, 15) is 19.3 Å². The minimum Gasteiger partial charge on any atom is -0.303 e. The predicted octanol–water partition coefficient (Wildman–Crippen LogP) is 5.01. The van der Waals surface area contributed by atoms with Crippen molar-refractivity contribution in [1.82, 2.24) is 19.6 Å². The number of nitro groups is 1. The van der Waals surface area contributed by atoms with E-state index in [0.717, 1.165) is 19.3 Å². The Morgan fingerprint density at radius 1 is 1.17 bits per heavy atom. The molecule has 0 radical (unpaired) electrons. The molecule has 4 aliphatic rings. The first-order valence-corrected chi connectivity index (χ1v) is 12.2. The van der Waals surface area contributed by atoms with Crippen molar-refractivity contribution >= 4 is 29.0 Å². The van der Waals surface area contributed by atoms with E-state index in [0.29, 0.717) is 17.8 Å². The van der Waals surface area contributed by atoms with E-state index in [1.54, 1.807) is 16.9 Å². The van der Waals surface area contributed by atoms with Crippen molar-refractivity contribution in [2.45, 2.75) is 50.6 Å². The molecule has 9 nitrogen and oxygen atoms in total. The second-order valence-electron chi connectivity index (χ2n) is 10.3. The quantitative estimate of drug-likeness (QED) is 0.380. The number of nitrogens with one attached hydrogen (secondary N) is 1. The van der Waals surface area contributed by atoms with Gasteiger partial charge in [0.05, 0.1) is 17.0 Å². The summed E-state index contributed by atoms with van der Waals surface area (Å²) in [6.45, 7) is 0.0716. The summed E-state index contributed by atoms with van der Waals surface area (Å²) in [4.78, 5) is 24.3. The summed E-state index contributed by atoms with van der Waals surface area (Å²) in [5.41, 5.74) is -0.494. The lowest BCUT2D eigenvalue weighted by molar-refractivity contribution is -0.385. The van der Waals surface area contributed by atoms with Gasteiger partial charge in [-0.15, -0.1) is 0 Å². The van der Waals surface area contributed by atoms with Crippen LogP contribution in [0.15, 0.2) is 36.7 Å². The maximum Gasteiger partial charge on any atom is 0.320 e. The Balaban J connectivity index is 1.24. The molecule has 0 saturated heterocycles. The Morgan fingerprint density at radius 2 is 1.86 bits per heavy atom. The van der Waals surface area contributed by atoms with Crippen LogP contribution in [0.4, 0.5) is 15.9 Å². The number of hydrogen-bond acceptors (Lipinski definition) is 5. The van der Waals surface area contributed by atoms with Crippen LogP contribution in [0.5, 0.6) is 0 Å². The van der Waals surface area contributed by atoms with Gasteiger partial charge in [-0.25, -0.2) is 4.39 Å². The van der Waals surface area contributed by atoms with Crippen molar-refractivity contribution < 1.29 is 14.1 Å². The van der Waals surface area contributed by atoms with Crippen LogP contribution in [0, 0.1) is 33.7 Å². The summed E-state index contributed by atoms with van der Waals surface area (Å²) < 4.78 is 17.2. The highest BCUT2D eigenvalue weighted by Crippen LogP contribution is 2.58. The van der Waals surface area contributed by atoms with Crippen LogP contribution >= 0.6 is 11.6 Å². The molecule has 2 heterocycles. The van der Waals surface area contributed by atoms with Crippen molar-refractivity contribution in [2.24, 2.45) is 17.8 Å². The molecule has 1 amide bonds. The van der Waals surface area contributed by atoms with E-state index < -0.39 is 16.6 Å². The third kappa shape index (κ3) is 3.89. The van der Waals surface area contributed by atoms with Gasteiger partial charge in [0.2, 0.25) is 5.69 Å². The lowest BCUT2D eigenvalue weighted by atomic mass is 9.53. The summed E-state index contributed by atoms with van der Waals surface area (Å²) in [5.74, 6) is 0.927. The molecule has 4 bridgehead atoms. The first-order valence-electron chi connectivity index (χ1n) is 11.8. The molecule has 1 N–H and O–H groups in total. The summed E-state index contributed by atoms with van der Waals surface area (Å²) in [5, 5.41) is 23.4. The van der Waals surface area contributed by atoms with Crippen LogP contribution in [0.25, 0.3) is 0 Å². The summed E-state index contributed by atoms with van der Waals surface area (Å²) in [7, 11) is 0. The van der Waals surface area contributed by atoms with Gasteiger partial charge in [0.1, 0.15) is 12.0 Å². The maximum atomic E-state index is 14.1. The molecular formula is C24H24ClFN6O3. The number of nitrogens with zero attached hydrogens (tertiary/aromatic N) is 5. The molecule has 0 aliphatic heterocycles. The van der Waals surface area contributed by atoms with Gasteiger partial charge in [-0.1, -0.05) is 17.7 Å². The molecule has 4 saturated carbocycles. The fourth-order valence-corrected chi connectivity index (χ4v) is 7.01. The van der Waals surface area contributed by atoms with Gasteiger partial charge < -0.3 is 5.32 Å². The maximum absolute atomic E-state index is 14.1. The Labute approximate surface area is 205 Å². The van der Waals surface area contributed by atoms with Gasteiger partial charge in [-0.3, -0.25) is 24.3 Å². The number of carbonyl (C=O) groups is 1. The fraction of sp³-hybridized carbons (Fsp3) is 0.458. The van der Waals surface area contributed by atoms with Crippen LogP contribution in [0.3, 0.4) is 0 Å². The Morgan fingerprint density at radius 3 is 2.49 bits per heavy atom. The molecule has 0 unspecified atom stereocenters. The number of halogens is 2. The Hall–Kier alpha value is -3.27. The molecule has 2 aromatic heterocycles. The highest BCUT2D eigenvalue weighted by molar-refractivity contribution is 6.31. The van der Waals surface area contributed by atoms with E-state index >= 15 is 0 Å². The molecule has 1 aromatic carbocycles. The number of amides is 1. The molecular weight excluding hydrogens is 475 g/mol. The molecule has 0 spiro atoms. The number of anilines is 1. The smallest absolute Gasteiger partial charge is 0.303 e. The zero-order valence-electron chi connectivity index (χ0n) is 18.9. The van der Waals surface area contributed by atoms with Crippen molar-refractivity contribution in [1.29, 1.82) is 0 Å². The highest BCUT2D eigenvalue weighted by Gasteiger charge is 2.53. The number of aromatic nitrogens is 4. The fourth-order valence-electron chi connectivity index (χ4n) is 6.79. The third-order valence-electron chi connectivity index (χ3n) is 7.86. The van der Waals surface area contributed by atoms with Gasteiger partial charge in [0.15, 0.2) is 5.82 Å². The van der Waals surface area contributed by atoms with Gasteiger partial charge in [0.25, 0.3) is 5.91 Å². The number of hydrogen-bond donors (Lipinski definition) is 1. The van der Waals surface area contributed by atoms with Gasteiger partial charge in [-0.2, -0.15) is 10.2 Å². The SMILES string of the molecule is O=C(Nc1ccn(Cc2c(F)cccc2Cl)n1)c1nn(C23CC4CC(CC(C4)C2)C3)cc1[N+](=O)[O-]. The van der Waals surface area contributed by atoms with E-state index in [4.69, 9.17) is 11.6 Å². The molecule has 35 heavy (non-hydrogen) atoms. The molecule has 11 heteroatoms. The van der Waals surface area contributed by atoms with Gasteiger partial charge in [-0.05, 0) is 68.4 Å².